The number of ether oxygens (including phenoxy) is 1. The molecule has 0 saturated carbocycles. The van der Waals surface area contributed by atoms with Crippen LogP contribution in [-0.4, -0.2) is 74.7 Å². The number of rotatable bonds is 9. The van der Waals surface area contributed by atoms with Gasteiger partial charge in [-0.15, -0.1) is 24.0 Å². The molecule has 1 saturated heterocycles. The Kier molecular flexibility index (Phi) is 12.5. The van der Waals surface area contributed by atoms with Gasteiger partial charge >= 0.3 is 0 Å². The summed E-state index contributed by atoms with van der Waals surface area (Å²) in [4.78, 5) is 9.78. The number of nitrogens with one attached hydrogen (secondary N) is 2. The van der Waals surface area contributed by atoms with E-state index >= 15 is 0 Å². The molecule has 1 heterocycles. The van der Waals surface area contributed by atoms with Crippen LogP contribution in [0.3, 0.4) is 0 Å². The maximum atomic E-state index is 5.77. The minimum atomic E-state index is 0. The zero-order valence-corrected chi connectivity index (χ0v) is 20.3. The Morgan fingerprint density at radius 1 is 1.07 bits per heavy atom. The minimum absolute atomic E-state index is 0. The molecule has 0 aromatic heterocycles. The number of guanidine groups is 1. The Balaban J connectivity index is 0.00000392. The normalized spacial score (nSPS) is 15.8. The molecule has 2 N–H and O–H groups in total. The van der Waals surface area contributed by atoms with Crippen LogP contribution in [-0.2, 0) is 6.54 Å². The van der Waals surface area contributed by atoms with E-state index in [-0.39, 0.29) is 24.0 Å². The van der Waals surface area contributed by atoms with Crippen LogP contribution in [0, 0.1) is 6.92 Å². The second-order valence-corrected chi connectivity index (χ2v) is 6.94. The number of hydrogen-bond donors (Lipinski definition) is 2. The molecule has 0 radical (unpaired) electrons. The first-order chi connectivity index (χ1) is 13.2. The lowest BCUT2D eigenvalue weighted by Crippen LogP contribution is -2.49. The predicted molar refractivity (Wildman–Crippen MR) is 129 cm³/mol. The maximum absolute atomic E-state index is 5.77. The van der Waals surface area contributed by atoms with E-state index in [4.69, 9.17) is 9.73 Å². The van der Waals surface area contributed by atoms with Crippen molar-refractivity contribution in [3.63, 3.8) is 0 Å². The van der Waals surface area contributed by atoms with Crippen LogP contribution in [0.15, 0.2) is 23.2 Å². The zero-order valence-electron chi connectivity index (χ0n) is 18.0. The van der Waals surface area contributed by atoms with E-state index in [0.717, 1.165) is 56.5 Å². The van der Waals surface area contributed by atoms with E-state index in [9.17, 15) is 0 Å². The Morgan fingerprint density at radius 2 is 1.79 bits per heavy atom. The molecule has 6 nitrogen and oxygen atoms in total. The fraction of sp³-hybridized carbons (Fsp3) is 0.667. The van der Waals surface area contributed by atoms with E-state index in [0.29, 0.717) is 13.2 Å². The number of likely N-dealkylation sites (N-methyl/N-ethyl adjacent to an activating group) is 1. The highest BCUT2D eigenvalue weighted by Crippen LogP contribution is 2.21. The lowest BCUT2D eigenvalue weighted by atomic mass is 10.1. The second-order valence-electron chi connectivity index (χ2n) is 6.94. The molecule has 1 aliphatic rings. The Labute approximate surface area is 188 Å². The molecule has 0 bridgehead atoms. The Morgan fingerprint density at radius 3 is 2.43 bits per heavy atom. The van der Waals surface area contributed by atoms with E-state index in [1.807, 2.05) is 6.92 Å². The molecule has 28 heavy (non-hydrogen) atoms. The van der Waals surface area contributed by atoms with Gasteiger partial charge in [-0.05, 0) is 38.9 Å². The highest BCUT2D eigenvalue weighted by Gasteiger charge is 2.14. The number of piperazine rings is 1. The summed E-state index contributed by atoms with van der Waals surface area (Å²) in [7, 11) is 0. The molecular formula is C21H38IN5O. The van der Waals surface area contributed by atoms with E-state index in [2.05, 4.69) is 59.4 Å². The summed E-state index contributed by atoms with van der Waals surface area (Å²) in [6, 6.07) is 6.31. The van der Waals surface area contributed by atoms with Crippen molar-refractivity contribution >= 4 is 29.9 Å². The average Bonchev–Trinajstić information content (AvgIpc) is 2.68. The molecule has 1 aliphatic heterocycles. The van der Waals surface area contributed by atoms with Crippen molar-refractivity contribution in [2.75, 3.05) is 59.0 Å². The van der Waals surface area contributed by atoms with Crippen LogP contribution >= 0.6 is 24.0 Å². The van der Waals surface area contributed by atoms with Crippen molar-refractivity contribution in [2.24, 2.45) is 4.99 Å². The number of halogens is 1. The summed E-state index contributed by atoms with van der Waals surface area (Å²) in [5.41, 5.74) is 2.33. The van der Waals surface area contributed by atoms with Gasteiger partial charge in [-0.1, -0.05) is 19.1 Å². The fourth-order valence-corrected chi connectivity index (χ4v) is 3.25. The first kappa shape index (κ1) is 25.0. The monoisotopic (exact) mass is 503 g/mol. The quantitative estimate of drug-likeness (QED) is 0.309. The molecule has 160 valence electrons. The topological polar surface area (TPSA) is 52.1 Å². The van der Waals surface area contributed by atoms with Gasteiger partial charge in [0.15, 0.2) is 5.96 Å². The van der Waals surface area contributed by atoms with Gasteiger partial charge in [0.25, 0.3) is 0 Å². The Hall–Kier alpha value is -1.06. The molecule has 0 spiro atoms. The van der Waals surface area contributed by atoms with E-state index in [1.54, 1.807) is 0 Å². The minimum Gasteiger partial charge on any atom is -0.494 e. The number of aliphatic imine (C=N–C) groups is 1. The van der Waals surface area contributed by atoms with Crippen molar-refractivity contribution in [1.29, 1.82) is 0 Å². The molecule has 0 amide bonds. The number of hydrogen-bond acceptors (Lipinski definition) is 4. The molecule has 2 rings (SSSR count). The average molecular weight is 503 g/mol. The van der Waals surface area contributed by atoms with Gasteiger partial charge in [0, 0.05) is 51.4 Å². The van der Waals surface area contributed by atoms with Crippen molar-refractivity contribution in [3.8, 4) is 5.75 Å². The second kappa shape index (κ2) is 14.0. The summed E-state index contributed by atoms with van der Waals surface area (Å²) in [6.07, 6.45) is 0. The van der Waals surface area contributed by atoms with Crippen molar-refractivity contribution < 1.29 is 4.74 Å². The maximum Gasteiger partial charge on any atom is 0.191 e. The van der Waals surface area contributed by atoms with Gasteiger partial charge in [0.2, 0.25) is 0 Å². The van der Waals surface area contributed by atoms with Crippen molar-refractivity contribution in [1.82, 2.24) is 20.4 Å². The van der Waals surface area contributed by atoms with Crippen LogP contribution in [0.1, 0.15) is 31.9 Å². The standard InChI is InChI=1S/C21H37N5O.HI/c1-5-22-21(23-10-11-26-14-12-25(6-2)13-15-26)24-17-19-9-8-18(4)16-20(19)27-7-3;/h8-9,16H,5-7,10-15,17H2,1-4H3,(H2,22,23,24);1H. The summed E-state index contributed by atoms with van der Waals surface area (Å²) >= 11 is 0. The Bertz CT molecular complexity index is 588. The van der Waals surface area contributed by atoms with Gasteiger partial charge in [-0.2, -0.15) is 0 Å². The molecular weight excluding hydrogens is 465 g/mol. The summed E-state index contributed by atoms with van der Waals surface area (Å²) < 4.78 is 5.77. The smallest absolute Gasteiger partial charge is 0.191 e. The summed E-state index contributed by atoms with van der Waals surface area (Å²) in [5.74, 6) is 1.80. The van der Waals surface area contributed by atoms with Gasteiger partial charge in [0.05, 0.1) is 13.2 Å². The lowest BCUT2D eigenvalue weighted by molar-refractivity contribution is 0.139. The van der Waals surface area contributed by atoms with Crippen molar-refractivity contribution in [3.05, 3.63) is 29.3 Å². The van der Waals surface area contributed by atoms with Crippen LogP contribution in [0.4, 0.5) is 0 Å². The van der Waals surface area contributed by atoms with Crippen LogP contribution in [0.2, 0.25) is 0 Å². The third kappa shape index (κ3) is 8.53. The van der Waals surface area contributed by atoms with Gasteiger partial charge in [0.1, 0.15) is 5.75 Å². The van der Waals surface area contributed by atoms with E-state index in [1.165, 1.54) is 18.7 Å². The fourth-order valence-electron chi connectivity index (χ4n) is 3.25. The van der Waals surface area contributed by atoms with Crippen molar-refractivity contribution in [2.45, 2.75) is 34.2 Å². The van der Waals surface area contributed by atoms with Crippen LogP contribution < -0.4 is 15.4 Å². The molecule has 0 aliphatic carbocycles. The van der Waals surface area contributed by atoms with Crippen LogP contribution in [0.25, 0.3) is 0 Å². The first-order valence-corrected chi connectivity index (χ1v) is 10.4. The third-order valence-corrected chi connectivity index (χ3v) is 4.91. The number of nitrogens with zero attached hydrogens (tertiary/aromatic N) is 3. The van der Waals surface area contributed by atoms with Gasteiger partial charge in [-0.3, -0.25) is 4.90 Å². The van der Waals surface area contributed by atoms with Crippen LogP contribution in [0.5, 0.6) is 5.75 Å². The number of benzene rings is 1. The van der Waals surface area contributed by atoms with E-state index < -0.39 is 0 Å². The number of aryl methyl sites for hydroxylation is 1. The SMILES string of the molecule is CCNC(=NCc1ccc(C)cc1OCC)NCCN1CCN(CC)CC1.I. The third-order valence-electron chi connectivity index (χ3n) is 4.91. The highest BCUT2D eigenvalue weighted by atomic mass is 127. The predicted octanol–water partition coefficient (Wildman–Crippen LogP) is 2.70. The largest absolute Gasteiger partial charge is 0.494 e. The molecule has 7 heteroatoms. The molecule has 1 fully saturated rings. The molecule has 1 aromatic carbocycles. The highest BCUT2D eigenvalue weighted by molar-refractivity contribution is 14.0. The summed E-state index contributed by atoms with van der Waals surface area (Å²) in [6.45, 7) is 18.4. The molecule has 1 aromatic rings. The zero-order chi connectivity index (χ0) is 19.5. The van der Waals surface area contributed by atoms with Gasteiger partial charge in [-0.25, -0.2) is 4.99 Å². The molecule has 0 atom stereocenters. The lowest BCUT2D eigenvalue weighted by Gasteiger charge is -2.34. The van der Waals surface area contributed by atoms with Gasteiger partial charge < -0.3 is 20.3 Å². The first-order valence-electron chi connectivity index (χ1n) is 10.4. The molecule has 0 unspecified atom stereocenters. The summed E-state index contributed by atoms with van der Waals surface area (Å²) in [5, 5.41) is 6.81.